The number of amides is 1. The van der Waals surface area contributed by atoms with Crippen LogP contribution in [0.3, 0.4) is 0 Å². The minimum Gasteiger partial charge on any atom is -0.338 e. The molecule has 1 fully saturated rings. The highest BCUT2D eigenvalue weighted by Crippen LogP contribution is 2.29. The van der Waals surface area contributed by atoms with Crippen LogP contribution in [0.2, 0.25) is 0 Å². The van der Waals surface area contributed by atoms with E-state index < -0.39 is 10.0 Å². The first-order valence-corrected chi connectivity index (χ1v) is 12.8. The van der Waals surface area contributed by atoms with Gasteiger partial charge in [-0.15, -0.1) is 11.3 Å². The highest BCUT2D eigenvalue weighted by Gasteiger charge is 2.30. The van der Waals surface area contributed by atoms with E-state index in [1.807, 2.05) is 28.9 Å². The van der Waals surface area contributed by atoms with E-state index >= 15 is 0 Å². The van der Waals surface area contributed by atoms with Crippen LogP contribution in [-0.4, -0.2) is 52.7 Å². The molecule has 1 saturated heterocycles. The molecule has 0 bridgehead atoms. The van der Waals surface area contributed by atoms with Crippen molar-refractivity contribution >= 4 is 27.3 Å². The fraction of sp³-hybridized carbons (Fsp3) is 0.364. The first kappa shape index (κ1) is 20.4. The van der Waals surface area contributed by atoms with E-state index in [-0.39, 0.29) is 10.8 Å². The normalized spacial score (nSPS) is 18.1. The van der Waals surface area contributed by atoms with E-state index in [1.54, 1.807) is 35.7 Å². The predicted molar refractivity (Wildman–Crippen MR) is 118 cm³/mol. The van der Waals surface area contributed by atoms with Gasteiger partial charge >= 0.3 is 0 Å². The van der Waals surface area contributed by atoms with Gasteiger partial charge in [-0.1, -0.05) is 6.07 Å². The lowest BCUT2D eigenvalue weighted by molar-refractivity contribution is 0.0694. The van der Waals surface area contributed by atoms with Gasteiger partial charge in [0.1, 0.15) is 0 Å². The fourth-order valence-corrected chi connectivity index (χ4v) is 6.76. The lowest BCUT2D eigenvalue weighted by Crippen LogP contribution is -2.39. The third-order valence-corrected chi connectivity index (χ3v) is 9.05. The maximum atomic E-state index is 13.2. The summed E-state index contributed by atoms with van der Waals surface area (Å²) in [6, 6.07) is 8.83. The first-order valence-electron chi connectivity index (χ1n) is 10.4. The number of likely N-dealkylation sites (tertiary alicyclic amines) is 1. The van der Waals surface area contributed by atoms with Crippen LogP contribution >= 0.6 is 11.3 Å². The number of carbonyl (C=O) groups is 1. The predicted octanol–water partition coefficient (Wildman–Crippen LogP) is 3.17. The average Bonchev–Trinajstić information content (AvgIpc) is 3.50. The summed E-state index contributed by atoms with van der Waals surface area (Å²) in [7, 11) is -3.65. The Balaban J connectivity index is 1.30. The Hall–Kier alpha value is -2.49. The van der Waals surface area contributed by atoms with Crippen LogP contribution < -0.4 is 0 Å². The van der Waals surface area contributed by atoms with Gasteiger partial charge in [0.15, 0.2) is 0 Å². The Morgan fingerprint density at radius 3 is 2.74 bits per heavy atom. The molecule has 0 N–H and O–H groups in total. The molecule has 2 aliphatic heterocycles. The van der Waals surface area contributed by atoms with Gasteiger partial charge < -0.3 is 9.47 Å². The van der Waals surface area contributed by atoms with Crippen molar-refractivity contribution in [2.24, 2.45) is 0 Å². The number of sulfonamides is 1. The smallest absolute Gasteiger partial charge is 0.253 e. The second kappa shape index (κ2) is 8.22. The van der Waals surface area contributed by atoms with Crippen LogP contribution in [0.1, 0.15) is 39.7 Å². The standard InChI is InChI=1S/C22H24N4O3S2/c27-22(24-9-4-19(5-10-24)25-12-8-23-16-25)17-2-1-3-20(14-17)31(28,29)26-11-6-21-18(15-26)7-13-30-21/h1-3,7-8,12-14,16,19H,4-6,9-11,15H2. The van der Waals surface area contributed by atoms with Crippen LogP contribution in [0, 0.1) is 0 Å². The number of rotatable bonds is 4. The van der Waals surface area contributed by atoms with Crippen LogP contribution in [0.5, 0.6) is 0 Å². The van der Waals surface area contributed by atoms with E-state index in [4.69, 9.17) is 0 Å². The molecular formula is C22H24N4O3S2. The summed E-state index contributed by atoms with van der Waals surface area (Å²) in [5.74, 6) is -0.111. The van der Waals surface area contributed by atoms with Gasteiger partial charge in [-0.2, -0.15) is 4.31 Å². The van der Waals surface area contributed by atoms with Gasteiger partial charge in [0.2, 0.25) is 10.0 Å². The monoisotopic (exact) mass is 456 g/mol. The second-order valence-corrected chi connectivity index (χ2v) is 11.0. The minimum atomic E-state index is -3.65. The maximum absolute atomic E-state index is 13.2. The molecule has 31 heavy (non-hydrogen) atoms. The molecule has 0 atom stereocenters. The summed E-state index contributed by atoms with van der Waals surface area (Å²) in [6.07, 6.45) is 7.99. The molecule has 0 aliphatic carbocycles. The van der Waals surface area contributed by atoms with E-state index in [0.29, 0.717) is 37.8 Å². The summed E-state index contributed by atoms with van der Waals surface area (Å²) >= 11 is 1.68. The Morgan fingerprint density at radius 1 is 1.13 bits per heavy atom. The third-order valence-electron chi connectivity index (χ3n) is 6.19. The fourth-order valence-electron chi connectivity index (χ4n) is 4.40. The zero-order chi connectivity index (χ0) is 21.4. The molecule has 0 saturated carbocycles. The Bertz CT molecular complexity index is 1180. The molecule has 2 aliphatic rings. The maximum Gasteiger partial charge on any atom is 0.253 e. The summed E-state index contributed by atoms with van der Waals surface area (Å²) in [4.78, 5) is 20.4. The van der Waals surface area contributed by atoms with Gasteiger partial charge in [0.05, 0.1) is 11.2 Å². The van der Waals surface area contributed by atoms with Gasteiger partial charge in [-0.25, -0.2) is 13.4 Å². The third kappa shape index (κ3) is 3.93. The van der Waals surface area contributed by atoms with Crippen LogP contribution in [-0.2, 0) is 23.0 Å². The number of hydrogen-bond donors (Lipinski definition) is 0. The number of carbonyl (C=O) groups excluding carboxylic acids is 1. The lowest BCUT2D eigenvalue weighted by atomic mass is 10.0. The van der Waals surface area contributed by atoms with Crippen molar-refractivity contribution in [1.82, 2.24) is 18.8 Å². The molecule has 3 aromatic rings. The highest BCUT2D eigenvalue weighted by molar-refractivity contribution is 7.89. The van der Waals surface area contributed by atoms with Crippen molar-refractivity contribution in [3.63, 3.8) is 0 Å². The molecule has 0 radical (unpaired) electrons. The molecule has 7 nitrogen and oxygen atoms in total. The van der Waals surface area contributed by atoms with Crippen molar-refractivity contribution in [3.8, 4) is 0 Å². The van der Waals surface area contributed by atoms with Gasteiger partial charge in [0.25, 0.3) is 5.91 Å². The van der Waals surface area contributed by atoms with Crippen molar-refractivity contribution < 1.29 is 13.2 Å². The zero-order valence-corrected chi connectivity index (χ0v) is 18.7. The molecule has 0 unspecified atom stereocenters. The lowest BCUT2D eigenvalue weighted by Gasteiger charge is -2.32. The summed E-state index contributed by atoms with van der Waals surface area (Å²) in [6.45, 7) is 2.15. The van der Waals surface area contributed by atoms with Crippen molar-refractivity contribution in [1.29, 1.82) is 0 Å². The molecule has 0 spiro atoms. The quantitative estimate of drug-likeness (QED) is 0.604. The number of piperidine rings is 1. The minimum absolute atomic E-state index is 0.111. The molecular weight excluding hydrogens is 432 g/mol. The molecule has 162 valence electrons. The number of hydrogen-bond acceptors (Lipinski definition) is 5. The summed E-state index contributed by atoms with van der Waals surface area (Å²) in [5.41, 5.74) is 1.50. The Labute approximate surface area is 186 Å². The number of thiophene rings is 1. The topological polar surface area (TPSA) is 75.5 Å². The van der Waals surface area contributed by atoms with Gasteiger partial charge in [0, 0.05) is 55.1 Å². The number of aromatic nitrogens is 2. The van der Waals surface area contributed by atoms with E-state index in [0.717, 1.165) is 24.8 Å². The van der Waals surface area contributed by atoms with E-state index in [1.165, 1.54) is 15.2 Å². The highest BCUT2D eigenvalue weighted by atomic mass is 32.2. The largest absolute Gasteiger partial charge is 0.338 e. The Morgan fingerprint density at radius 2 is 1.97 bits per heavy atom. The van der Waals surface area contributed by atoms with Crippen LogP contribution in [0.15, 0.2) is 59.3 Å². The number of benzene rings is 1. The van der Waals surface area contributed by atoms with Crippen molar-refractivity contribution in [3.05, 3.63) is 70.4 Å². The first-order chi connectivity index (χ1) is 15.0. The zero-order valence-electron chi connectivity index (χ0n) is 17.1. The molecule has 1 aromatic carbocycles. The van der Waals surface area contributed by atoms with Gasteiger partial charge in [-0.3, -0.25) is 4.79 Å². The van der Waals surface area contributed by atoms with Crippen molar-refractivity contribution in [2.75, 3.05) is 19.6 Å². The summed E-state index contributed by atoms with van der Waals surface area (Å²) in [5, 5.41) is 2.01. The van der Waals surface area contributed by atoms with Crippen LogP contribution in [0.4, 0.5) is 0 Å². The second-order valence-electron chi connectivity index (χ2n) is 8.02. The molecule has 1 amide bonds. The molecule has 2 aromatic heterocycles. The molecule has 5 rings (SSSR count). The summed E-state index contributed by atoms with van der Waals surface area (Å²) < 4.78 is 30.1. The Kier molecular flexibility index (Phi) is 5.41. The van der Waals surface area contributed by atoms with Gasteiger partial charge in [-0.05, 0) is 54.5 Å². The van der Waals surface area contributed by atoms with Crippen LogP contribution in [0.25, 0.3) is 0 Å². The van der Waals surface area contributed by atoms with E-state index in [2.05, 4.69) is 9.55 Å². The number of imidazole rings is 1. The number of fused-ring (bicyclic) bond motifs is 1. The SMILES string of the molecule is O=C(c1cccc(S(=O)(=O)N2CCc3sccc3C2)c1)N1CCC(n2ccnc2)CC1. The number of nitrogens with zero attached hydrogens (tertiary/aromatic N) is 4. The average molecular weight is 457 g/mol. The molecule has 4 heterocycles. The van der Waals surface area contributed by atoms with Crippen molar-refractivity contribution in [2.45, 2.75) is 36.7 Å². The molecule has 9 heteroatoms. The van der Waals surface area contributed by atoms with E-state index in [9.17, 15) is 13.2 Å².